The molecule has 3 heterocycles. The first-order valence-electron chi connectivity index (χ1n) is 11.5. The third-order valence-electron chi connectivity index (χ3n) is 5.27. The molecule has 3 aromatic heterocycles. The summed E-state index contributed by atoms with van der Waals surface area (Å²) in [5.41, 5.74) is 1.08. The topological polar surface area (TPSA) is 213 Å². The van der Waals surface area contributed by atoms with Gasteiger partial charge in [0.1, 0.15) is 11.4 Å². The molecule has 0 aliphatic rings. The highest BCUT2D eigenvalue weighted by Gasteiger charge is 2.27. The predicted molar refractivity (Wildman–Crippen MR) is 145 cm³/mol. The van der Waals surface area contributed by atoms with Gasteiger partial charge < -0.3 is 19.8 Å². The Hall–Kier alpha value is -4.36. The van der Waals surface area contributed by atoms with Gasteiger partial charge in [0.05, 0.1) is 12.4 Å². The van der Waals surface area contributed by atoms with Crippen LogP contribution in [0.3, 0.4) is 0 Å². The van der Waals surface area contributed by atoms with E-state index in [4.69, 9.17) is 5.14 Å². The molecule has 2 N–H and O–H groups in total. The van der Waals surface area contributed by atoms with Crippen LogP contribution in [-0.4, -0.2) is 106 Å². The van der Waals surface area contributed by atoms with E-state index in [2.05, 4.69) is 14.6 Å². The van der Waals surface area contributed by atoms with Crippen molar-refractivity contribution in [3.8, 4) is 0 Å². The van der Waals surface area contributed by atoms with Crippen LogP contribution in [0.15, 0.2) is 51.1 Å². The fourth-order valence-corrected chi connectivity index (χ4v) is 4.44. The molecule has 3 rings (SSSR count). The minimum absolute atomic E-state index is 0.0687. The van der Waals surface area contributed by atoms with E-state index in [9.17, 15) is 31.5 Å². The second kappa shape index (κ2) is 12.4. The summed E-state index contributed by atoms with van der Waals surface area (Å²) in [6.45, 7) is 0. The predicted octanol–water partition coefficient (Wildman–Crippen LogP) is -2.80. The van der Waals surface area contributed by atoms with Gasteiger partial charge in [-0.3, -0.25) is 19.0 Å². The molecule has 0 atom stereocenters. The number of aryl methyl sites for hydroxylation is 2. The molecule has 0 aliphatic heterocycles. The first-order valence-corrected chi connectivity index (χ1v) is 14.5. The van der Waals surface area contributed by atoms with Crippen LogP contribution in [0.2, 0.25) is 0 Å². The van der Waals surface area contributed by atoms with Crippen LogP contribution in [-0.2, 0) is 34.1 Å². The van der Waals surface area contributed by atoms with Crippen molar-refractivity contribution in [2.75, 3.05) is 47.2 Å². The van der Waals surface area contributed by atoms with Crippen molar-refractivity contribution < 1.29 is 36.1 Å². The molecule has 0 spiro atoms. The average Bonchev–Trinajstić information content (AvgIpc) is 3.46. The number of hydrogen-bond donors (Lipinski definition) is 1. The highest BCUT2D eigenvalue weighted by Crippen LogP contribution is 2.14. The second-order valence-electron chi connectivity index (χ2n) is 9.13. The van der Waals surface area contributed by atoms with Crippen molar-refractivity contribution in [1.29, 1.82) is 0 Å². The van der Waals surface area contributed by atoms with Gasteiger partial charge in [-0.15, -0.1) is 0 Å². The number of sulfonamides is 2. The van der Waals surface area contributed by atoms with Gasteiger partial charge in [0.25, 0.3) is 27.9 Å². The summed E-state index contributed by atoms with van der Waals surface area (Å²) in [5.74, 6) is -0.749. The molecule has 17 nitrogen and oxygen atoms in total. The van der Waals surface area contributed by atoms with E-state index in [1.54, 1.807) is 26.2 Å². The number of primary sulfonamides is 1. The van der Waals surface area contributed by atoms with E-state index >= 15 is 0 Å². The summed E-state index contributed by atoms with van der Waals surface area (Å²) in [4.78, 5) is 28.0. The molecule has 0 fully saturated rings. The molecule has 0 radical (unpaired) electrons. The molecule has 0 saturated carbocycles. The monoisotopic (exact) mass is 612 g/mol. The highest BCUT2D eigenvalue weighted by atomic mass is 32.2. The van der Waals surface area contributed by atoms with Gasteiger partial charge in [-0.1, -0.05) is 0 Å². The van der Waals surface area contributed by atoms with Gasteiger partial charge in [-0.05, 0) is 0 Å². The standard InChI is InChI=1S/C15H20N6O4S.C7H12N4O3S/c1-18(2)11-6-8-21(9-7-11)15(23)17-26(24,25)13-10-12(20(5)16-13)14(22)19(3)4;1-10(2)7(12)5-4-6(9-11(5)3)15(8,13)14/h6-10H,1-5H3;4H,1-3H3,(H2,8,13,14). The fourth-order valence-electron chi connectivity index (χ4n) is 3.05. The Bertz CT molecular complexity index is 1670. The van der Waals surface area contributed by atoms with Crippen LogP contribution in [0.1, 0.15) is 21.0 Å². The van der Waals surface area contributed by atoms with Crippen molar-refractivity contribution in [1.82, 2.24) is 29.4 Å². The van der Waals surface area contributed by atoms with Crippen LogP contribution in [0, 0.1) is 0 Å². The van der Waals surface area contributed by atoms with Crippen LogP contribution < -0.4 is 19.7 Å². The molecule has 0 aliphatic carbocycles. The van der Waals surface area contributed by atoms with Crippen molar-refractivity contribution in [2.45, 2.75) is 10.1 Å². The lowest BCUT2D eigenvalue weighted by Crippen LogP contribution is -2.51. The number of carbonyl (C=O) groups excluding carboxylic acids is 2. The number of rotatable bonds is 6. The third kappa shape index (κ3) is 8.08. The normalized spacial score (nSPS) is 11.9. The highest BCUT2D eigenvalue weighted by molar-refractivity contribution is 7.90. The van der Waals surface area contributed by atoms with E-state index in [0.717, 1.165) is 27.1 Å². The van der Waals surface area contributed by atoms with Crippen LogP contribution >= 0.6 is 0 Å². The number of aromatic nitrogens is 5. The lowest BCUT2D eigenvalue weighted by molar-refractivity contribution is -0.613. The maximum atomic E-state index is 12.3. The molecule has 0 unspecified atom stereocenters. The van der Waals surface area contributed by atoms with E-state index in [1.165, 1.54) is 55.1 Å². The molecule has 0 bridgehead atoms. The number of nitrogens with zero attached hydrogens (tertiary/aromatic N) is 9. The Morgan fingerprint density at radius 2 is 1.27 bits per heavy atom. The Morgan fingerprint density at radius 3 is 1.63 bits per heavy atom. The smallest absolute Gasteiger partial charge is 0.388 e. The Labute approximate surface area is 237 Å². The van der Waals surface area contributed by atoms with E-state index in [1.807, 2.05) is 19.0 Å². The minimum Gasteiger partial charge on any atom is -0.806 e. The number of pyridine rings is 1. The average molecular weight is 613 g/mol. The first kappa shape index (κ1) is 32.8. The van der Waals surface area contributed by atoms with Crippen molar-refractivity contribution in [3.05, 3.63) is 48.0 Å². The van der Waals surface area contributed by atoms with Crippen molar-refractivity contribution in [2.24, 2.45) is 23.6 Å². The molecular weight excluding hydrogens is 580 g/mol. The van der Waals surface area contributed by atoms with Gasteiger partial charge >= 0.3 is 10.0 Å². The zero-order valence-electron chi connectivity index (χ0n) is 23.7. The molecular formula is C22H32N10O7S2. The summed E-state index contributed by atoms with van der Waals surface area (Å²) >= 11 is 0. The number of carbonyl (C=O) groups is 2. The Balaban J connectivity index is 0.000000333. The second-order valence-corrected chi connectivity index (χ2v) is 12.2. The van der Waals surface area contributed by atoms with Gasteiger partial charge in [0.15, 0.2) is 5.03 Å². The third-order valence-corrected chi connectivity index (χ3v) is 7.18. The summed E-state index contributed by atoms with van der Waals surface area (Å²) < 4.78 is 53.2. The van der Waals surface area contributed by atoms with Crippen LogP contribution in [0.4, 0.5) is 5.69 Å². The minimum atomic E-state index is -4.35. The zero-order valence-corrected chi connectivity index (χ0v) is 25.4. The summed E-state index contributed by atoms with van der Waals surface area (Å²) in [6, 6.07) is 4.55. The largest absolute Gasteiger partial charge is 0.806 e. The lowest BCUT2D eigenvalue weighted by Gasteiger charge is -2.12. The molecule has 3 aromatic rings. The molecule has 2 amide bonds. The first-order chi connectivity index (χ1) is 18.8. The summed E-state index contributed by atoms with van der Waals surface area (Å²) in [5, 5.41) is 23.7. The lowest BCUT2D eigenvalue weighted by atomic mass is 10.4. The molecule has 19 heteroatoms. The fraction of sp³-hybridized carbons (Fsp3) is 0.364. The molecule has 0 aromatic carbocycles. The molecule has 41 heavy (non-hydrogen) atoms. The van der Waals surface area contributed by atoms with Crippen LogP contribution in [0.25, 0.3) is 0 Å². The maximum Gasteiger partial charge on any atom is 0.388 e. The zero-order chi connectivity index (χ0) is 31.4. The number of anilines is 1. The maximum absolute atomic E-state index is 12.3. The van der Waals surface area contributed by atoms with E-state index in [-0.39, 0.29) is 22.3 Å². The van der Waals surface area contributed by atoms with E-state index < -0.39 is 37.0 Å². The van der Waals surface area contributed by atoms with Gasteiger partial charge in [0.2, 0.25) is 5.03 Å². The quantitative estimate of drug-likeness (QED) is 0.171. The summed E-state index contributed by atoms with van der Waals surface area (Å²) in [6.07, 6.45) is 2.83. The number of amides is 2. The van der Waals surface area contributed by atoms with Crippen molar-refractivity contribution >= 4 is 43.6 Å². The van der Waals surface area contributed by atoms with E-state index in [0.29, 0.717) is 0 Å². The Morgan fingerprint density at radius 1 is 0.854 bits per heavy atom. The number of nitrogens with two attached hydrogens (primary N) is 1. The van der Waals surface area contributed by atoms with Gasteiger partial charge in [-0.2, -0.15) is 18.6 Å². The molecule has 0 saturated heterocycles. The molecule has 224 valence electrons. The van der Waals surface area contributed by atoms with Gasteiger partial charge in [0, 0.05) is 90.7 Å². The van der Waals surface area contributed by atoms with Crippen molar-refractivity contribution in [3.63, 3.8) is 0 Å². The summed E-state index contributed by atoms with van der Waals surface area (Å²) in [7, 11) is 4.56. The SMILES string of the molecule is CN(C)C(=O)c1cc(S(=O)(=O)N=C([O-])[n+]2ccc(N(C)C)cc2)nn1C.CN(C)C(=O)c1cc(S(N)(=O)=O)nn1C. The van der Waals surface area contributed by atoms with Crippen LogP contribution in [0.5, 0.6) is 0 Å². The number of hydrogen-bond acceptors (Lipinski definition) is 10. The van der Waals surface area contributed by atoms with Gasteiger partial charge in [-0.25, -0.2) is 18.1 Å². The Kier molecular flexibility index (Phi) is 9.96.